The number of alkyl halides is 3. The first-order valence-electron chi connectivity index (χ1n) is 13.8. The number of anilines is 1. The van der Waals surface area contributed by atoms with Crippen LogP contribution in [0.3, 0.4) is 0 Å². The van der Waals surface area contributed by atoms with Gasteiger partial charge in [-0.15, -0.1) is 0 Å². The van der Waals surface area contributed by atoms with Gasteiger partial charge in [0.1, 0.15) is 10.8 Å². The summed E-state index contributed by atoms with van der Waals surface area (Å²) in [6, 6.07) is 23.8. The summed E-state index contributed by atoms with van der Waals surface area (Å²) in [6.45, 7) is -0.0956. The van der Waals surface area contributed by atoms with Gasteiger partial charge < -0.3 is 15.1 Å². The van der Waals surface area contributed by atoms with Crippen molar-refractivity contribution in [1.82, 2.24) is 4.57 Å². The number of halogens is 4. The lowest BCUT2D eigenvalue weighted by Crippen LogP contribution is -2.29. The number of aromatic nitrogens is 1. The van der Waals surface area contributed by atoms with Crippen molar-refractivity contribution in [3.63, 3.8) is 0 Å². The van der Waals surface area contributed by atoms with Crippen molar-refractivity contribution in [3.05, 3.63) is 134 Å². The molecule has 4 aromatic carbocycles. The minimum absolute atomic E-state index is 0.105. The number of aliphatic hydroxyl groups excluding tert-OH is 1. The minimum atomic E-state index is -4.64. The van der Waals surface area contributed by atoms with E-state index in [0.29, 0.717) is 11.1 Å². The van der Waals surface area contributed by atoms with Crippen LogP contribution in [0.1, 0.15) is 33.9 Å². The van der Waals surface area contributed by atoms with Crippen LogP contribution in [0, 0.1) is 0 Å². The Morgan fingerprint density at radius 1 is 0.932 bits per heavy atom. The molecule has 1 atom stereocenters. The Labute approximate surface area is 255 Å². The van der Waals surface area contributed by atoms with Crippen molar-refractivity contribution in [1.29, 1.82) is 0 Å². The van der Waals surface area contributed by atoms with E-state index in [-0.39, 0.29) is 48.1 Å². The molecule has 0 saturated carbocycles. The molecule has 0 amide bonds. The van der Waals surface area contributed by atoms with E-state index in [1.54, 1.807) is 29.2 Å². The molecule has 0 radical (unpaired) electrons. The summed E-state index contributed by atoms with van der Waals surface area (Å²) < 4.78 is 42.9. The topological polar surface area (TPSA) is 82.8 Å². The molecule has 44 heavy (non-hydrogen) atoms. The first-order chi connectivity index (χ1) is 21.1. The van der Waals surface area contributed by atoms with Crippen LogP contribution >= 0.6 is 11.6 Å². The molecule has 6 rings (SSSR count). The Kier molecular flexibility index (Phi) is 7.69. The van der Waals surface area contributed by atoms with Gasteiger partial charge in [-0.1, -0.05) is 90.5 Å². The largest absolute Gasteiger partial charge is 0.480 e. The highest BCUT2D eigenvalue weighted by Gasteiger charge is 2.39. The number of rotatable bonds is 7. The summed E-state index contributed by atoms with van der Waals surface area (Å²) in [7, 11) is 0. The number of aliphatic hydroxyl groups is 1. The molecule has 2 heterocycles. The Hall–Kier alpha value is -4.60. The third kappa shape index (κ3) is 5.33. The van der Waals surface area contributed by atoms with E-state index in [0.717, 1.165) is 38.6 Å². The van der Waals surface area contributed by atoms with Gasteiger partial charge in [0.25, 0.3) is 5.56 Å². The maximum atomic E-state index is 13.9. The highest BCUT2D eigenvalue weighted by molar-refractivity contribution is 6.32. The highest BCUT2D eigenvalue weighted by atomic mass is 35.5. The van der Waals surface area contributed by atoms with Crippen LogP contribution in [0.15, 0.2) is 95.8 Å². The van der Waals surface area contributed by atoms with Gasteiger partial charge in [0.05, 0.1) is 18.7 Å². The Bertz CT molecular complexity index is 1950. The molecule has 1 aromatic heterocycles. The van der Waals surface area contributed by atoms with Gasteiger partial charge in [0.15, 0.2) is 6.04 Å². The lowest BCUT2D eigenvalue weighted by atomic mass is 9.92. The monoisotopic (exact) mass is 618 g/mol. The van der Waals surface area contributed by atoms with Gasteiger partial charge in [-0.2, -0.15) is 13.2 Å². The minimum Gasteiger partial charge on any atom is -0.480 e. The van der Waals surface area contributed by atoms with Gasteiger partial charge in [-0.3, -0.25) is 9.36 Å². The first-order valence-corrected chi connectivity index (χ1v) is 14.2. The van der Waals surface area contributed by atoms with E-state index in [1.807, 2.05) is 42.5 Å². The van der Waals surface area contributed by atoms with Gasteiger partial charge >= 0.3 is 12.1 Å². The van der Waals surface area contributed by atoms with Crippen LogP contribution < -0.4 is 10.5 Å². The number of carboxylic acids is 1. The SMILES string of the molecule is O=C(O)C1CN(Cc2ccc(CO)cc2)c2c(-c3cccc(C(F)(F)F)c3)c(Cc3cccc4ccccc34)c(Cl)c(=O)n21. The third-order valence-electron chi connectivity index (χ3n) is 8.02. The molecular formula is C34H26ClF3N2O4. The number of hydrogen-bond acceptors (Lipinski definition) is 4. The second-order valence-electron chi connectivity index (χ2n) is 10.8. The van der Waals surface area contributed by atoms with Crippen LogP contribution in [-0.4, -0.2) is 27.3 Å². The van der Waals surface area contributed by atoms with Crippen molar-refractivity contribution in [2.24, 2.45) is 0 Å². The van der Waals surface area contributed by atoms with Gasteiger partial charge in [-0.25, -0.2) is 4.79 Å². The number of fused-ring (bicyclic) bond motifs is 2. The van der Waals surface area contributed by atoms with E-state index < -0.39 is 29.3 Å². The van der Waals surface area contributed by atoms with Gasteiger partial charge in [-0.05, 0) is 50.7 Å². The van der Waals surface area contributed by atoms with E-state index in [2.05, 4.69) is 0 Å². The molecule has 1 aliphatic heterocycles. The Balaban J connectivity index is 1.63. The zero-order chi connectivity index (χ0) is 31.2. The predicted molar refractivity (Wildman–Crippen MR) is 163 cm³/mol. The van der Waals surface area contributed by atoms with E-state index in [4.69, 9.17) is 11.6 Å². The smallest absolute Gasteiger partial charge is 0.416 e. The second kappa shape index (κ2) is 11.5. The molecule has 6 nitrogen and oxygen atoms in total. The van der Waals surface area contributed by atoms with E-state index in [9.17, 15) is 33.0 Å². The standard InChI is InChI=1S/C34H26ClF3N2O4/c35-30-27(16-23-7-3-6-22-5-1-2-10-26(22)23)29(24-8-4-9-25(15-24)34(36,37)38)31-39(17-20-11-13-21(19-41)14-12-20)18-28(33(43)44)40(31)32(30)42/h1-15,28,41H,16-19H2,(H,43,44). The van der Waals surface area contributed by atoms with Crippen molar-refractivity contribution < 1.29 is 28.2 Å². The lowest BCUT2D eigenvalue weighted by Gasteiger charge is -2.25. The molecule has 0 spiro atoms. The fourth-order valence-corrected chi connectivity index (χ4v) is 6.18. The van der Waals surface area contributed by atoms with E-state index in [1.165, 1.54) is 12.1 Å². The van der Waals surface area contributed by atoms with Gasteiger partial charge in [0.2, 0.25) is 0 Å². The summed E-state index contributed by atoms with van der Waals surface area (Å²) in [5.41, 5.74) is 1.38. The summed E-state index contributed by atoms with van der Waals surface area (Å²) in [5.74, 6) is -1.08. The summed E-state index contributed by atoms with van der Waals surface area (Å²) >= 11 is 6.78. The number of carbonyl (C=O) groups is 1. The molecular weight excluding hydrogens is 593 g/mol. The molecule has 0 aliphatic carbocycles. The number of hydrogen-bond donors (Lipinski definition) is 2. The third-order valence-corrected chi connectivity index (χ3v) is 8.41. The van der Waals surface area contributed by atoms with Crippen molar-refractivity contribution in [2.75, 3.05) is 11.4 Å². The molecule has 1 aliphatic rings. The fourth-order valence-electron chi connectivity index (χ4n) is 5.93. The number of aliphatic carboxylic acids is 1. The average molecular weight is 619 g/mol. The lowest BCUT2D eigenvalue weighted by molar-refractivity contribution is -0.140. The Morgan fingerprint density at radius 3 is 2.32 bits per heavy atom. The van der Waals surface area contributed by atoms with Crippen LogP contribution in [0.4, 0.5) is 19.0 Å². The van der Waals surface area contributed by atoms with Crippen molar-refractivity contribution >= 4 is 34.2 Å². The molecule has 224 valence electrons. The second-order valence-corrected chi connectivity index (χ2v) is 11.1. The number of carboxylic acid groups (broad SMARTS) is 1. The maximum absolute atomic E-state index is 13.9. The number of benzene rings is 4. The summed E-state index contributed by atoms with van der Waals surface area (Å²) in [4.78, 5) is 28.0. The van der Waals surface area contributed by atoms with Crippen LogP contribution in [0.2, 0.25) is 5.02 Å². The zero-order valence-corrected chi connectivity index (χ0v) is 23.9. The van der Waals surface area contributed by atoms with Crippen LogP contribution in [0.25, 0.3) is 21.9 Å². The number of pyridine rings is 1. The van der Waals surface area contributed by atoms with Crippen molar-refractivity contribution in [2.45, 2.75) is 31.8 Å². The highest BCUT2D eigenvalue weighted by Crippen LogP contribution is 2.44. The van der Waals surface area contributed by atoms with Crippen molar-refractivity contribution in [3.8, 4) is 11.1 Å². The molecule has 0 fully saturated rings. The fraction of sp³-hybridized carbons (Fsp3) is 0.176. The molecule has 5 aromatic rings. The summed E-state index contributed by atoms with van der Waals surface area (Å²) in [5, 5.41) is 21.2. The van der Waals surface area contributed by atoms with Gasteiger partial charge in [0, 0.05) is 18.5 Å². The number of nitrogens with zero attached hydrogens (tertiary/aromatic N) is 2. The zero-order valence-electron chi connectivity index (χ0n) is 23.2. The molecule has 2 N–H and O–H groups in total. The molecule has 1 unspecified atom stereocenters. The first kappa shape index (κ1) is 29.5. The molecule has 10 heteroatoms. The molecule has 0 bridgehead atoms. The quantitative estimate of drug-likeness (QED) is 0.204. The molecule has 0 saturated heterocycles. The van der Waals surface area contributed by atoms with E-state index >= 15 is 0 Å². The Morgan fingerprint density at radius 2 is 1.61 bits per heavy atom. The van der Waals surface area contributed by atoms with Crippen LogP contribution in [0.5, 0.6) is 0 Å². The average Bonchev–Trinajstić information content (AvgIpc) is 3.39. The van der Waals surface area contributed by atoms with Crippen LogP contribution in [-0.2, 0) is 30.5 Å². The predicted octanol–water partition coefficient (Wildman–Crippen LogP) is 7.07. The normalized spacial score (nSPS) is 14.7. The summed E-state index contributed by atoms with van der Waals surface area (Å²) in [6.07, 6.45) is -4.52. The maximum Gasteiger partial charge on any atom is 0.416 e.